The molecule has 162 valence electrons. The molecule has 0 spiro atoms. The smallest absolute Gasteiger partial charge is 0.132 e. The number of aromatic hydroxyl groups is 1. The Morgan fingerprint density at radius 3 is 2.43 bits per heavy atom. The van der Waals surface area contributed by atoms with Crippen molar-refractivity contribution in [1.82, 2.24) is 4.98 Å². The molecule has 4 rings (SSSR count). The summed E-state index contributed by atoms with van der Waals surface area (Å²) in [5.41, 5.74) is 4.06. The largest absolute Gasteiger partial charge is 0.508 e. The summed E-state index contributed by atoms with van der Waals surface area (Å²) in [5, 5.41) is 10.8. The maximum Gasteiger partial charge on any atom is 0.132 e. The van der Waals surface area contributed by atoms with Crippen LogP contribution in [0.15, 0.2) is 42.6 Å². The lowest BCUT2D eigenvalue weighted by Crippen LogP contribution is -1.89. The monoisotopic (exact) mass is 429 g/mol. The van der Waals surface area contributed by atoms with Gasteiger partial charge in [-0.25, -0.2) is 4.39 Å². The molecular weight excluding hydrogens is 397 g/mol. The molecule has 1 aliphatic rings. The van der Waals surface area contributed by atoms with Gasteiger partial charge in [-0.2, -0.15) is 0 Å². The predicted octanol–water partition coefficient (Wildman–Crippen LogP) is 8.05. The molecule has 0 bridgehead atoms. The topological polar surface area (TPSA) is 33.1 Å². The highest BCUT2D eigenvalue weighted by atomic mass is 35.5. The van der Waals surface area contributed by atoms with Crippen LogP contribution in [0.5, 0.6) is 5.75 Å². The van der Waals surface area contributed by atoms with Gasteiger partial charge in [-0.15, -0.1) is 0 Å². The van der Waals surface area contributed by atoms with Gasteiger partial charge in [0.15, 0.2) is 0 Å². The Kier molecular flexibility index (Phi) is 9.58. The number of nitrogens with zero attached hydrogens (tertiary/aromatic N) is 1. The highest BCUT2D eigenvalue weighted by Crippen LogP contribution is 2.35. The van der Waals surface area contributed by atoms with Gasteiger partial charge in [-0.1, -0.05) is 64.1 Å². The van der Waals surface area contributed by atoms with Crippen LogP contribution >= 0.6 is 11.6 Å². The minimum Gasteiger partial charge on any atom is -0.508 e. The highest BCUT2D eigenvalue weighted by Gasteiger charge is 2.21. The Balaban J connectivity index is 0.000000171. The van der Waals surface area contributed by atoms with Crippen molar-refractivity contribution >= 4 is 22.5 Å². The van der Waals surface area contributed by atoms with Crippen LogP contribution in [0.4, 0.5) is 4.39 Å². The number of hydrogen-bond acceptors (Lipinski definition) is 2. The second-order valence-corrected chi connectivity index (χ2v) is 8.48. The number of unbranched alkanes of at least 4 members (excludes halogenated alkanes) is 3. The molecule has 0 fully saturated rings. The highest BCUT2D eigenvalue weighted by molar-refractivity contribution is 6.30. The van der Waals surface area contributed by atoms with E-state index in [0.29, 0.717) is 22.1 Å². The van der Waals surface area contributed by atoms with Gasteiger partial charge >= 0.3 is 0 Å². The summed E-state index contributed by atoms with van der Waals surface area (Å²) in [7, 11) is 0. The van der Waals surface area contributed by atoms with Crippen LogP contribution in [0, 0.1) is 18.7 Å². The van der Waals surface area contributed by atoms with E-state index < -0.39 is 0 Å². The van der Waals surface area contributed by atoms with Crippen molar-refractivity contribution in [3.63, 3.8) is 0 Å². The second-order valence-electron chi connectivity index (χ2n) is 8.05. The number of pyridine rings is 1. The first kappa shape index (κ1) is 24.1. The molecule has 1 unspecified atom stereocenters. The Labute approximate surface area is 185 Å². The first-order chi connectivity index (χ1) is 14.4. The van der Waals surface area contributed by atoms with Gasteiger partial charge in [0.05, 0.1) is 5.52 Å². The standard InChI is InChI=1S/C10H11ClO.C10H8FN.C6H14/c1-6-2-7-4-8(11)5-10(12)9(7)3-6;1-7-4-5-9(11)8-3-2-6-12-10(7)8;1-3-5-6-4-2/h4-6,12H,2-3H2,1H3;2-6H,1H3;3-6H2,1-2H3. The fourth-order valence-electron chi connectivity index (χ4n) is 3.67. The number of aromatic nitrogens is 1. The Morgan fingerprint density at radius 1 is 1.10 bits per heavy atom. The lowest BCUT2D eigenvalue weighted by atomic mass is 10.1. The van der Waals surface area contributed by atoms with E-state index in [-0.39, 0.29) is 5.82 Å². The number of benzene rings is 2. The number of fused-ring (bicyclic) bond motifs is 2. The molecule has 30 heavy (non-hydrogen) atoms. The number of phenolic OH excluding ortho intramolecular Hbond substituents is 1. The molecule has 1 aromatic heterocycles. The minimum absolute atomic E-state index is 0.205. The summed E-state index contributed by atoms with van der Waals surface area (Å²) >= 11 is 5.82. The van der Waals surface area contributed by atoms with Gasteiger partial charge in [0.2, 0.25) is 0 Å². The maximum atomic E-state index is 13.1. The van der Waals surface area contributed by atoms with Crippen molar-refractivity contribution in [3.8, 4) is 5.75 Å². The number of phenols is 1. The van der Waals surface area contributed by atoms with Crippen molar-refractivity contribution < 1.29 is 9.50 Å². The second kappa shape index (κ2) is 11.9. The van der Waals surface area contributed by atoms with E-state index >= 15 is 0 Å². The quantitative estimate of drug-likeness (QED) is 0.427. The summed E-state index contributed by atoms with van der Waals surface area (Å²) < 4.78 is 13.1. The predicted molar refractivity (Wildman–Crippen MR) is 126 cm³/mol. The van der Waals surface area contributed by atoms with Crippen molar-refractivity contribution in [3.05, 3.63) is 70.1 Å². The lowest BCUT2D eigenvalue weighted by molar-refractivity contribution is 0.466. The zero-order chi connectivity index (χ0) is 22.1. The Hall–Kier alpha value is -2.13. The third kappa shape index (κ3) is 6.70. The zero-order valence-electron chi connectivity index (χ0n) is 18.5. The van der Waals surface area contributed by atoms with Crippen LogP contribution in [0.1, 0.15) is 63.1 Å². The molecule has 1 N–H and O–H groups in total. The van der Waals surface area contributed by atoms with E-state index in [9.17, 15) is 9.50 Å². The molecular formula is C26H33ClFNO. The van der Waals surface area contributed by atoms with Crippen LogP contribution < -0.4 is 0 Å². The summed E-state index contributed by atoms with van der Waals surface area (Å²) in [5.74, 6) is 0.801. The van der Waals surface area contributed by atoms with Gasteiger partial charge in [-0.3, -0.25) is 4.98 Å². The molecule has 0 aliphatic heterocycles. The van der Waals surface area contributed by atoms with E-state index in [1.54, 1.807) is 30.5 Å². The molecule has 1 aliphatic carbocycles. The Morgan fingerprint density at radius 2 is 1.80 bits per heavy atom. The molecule has 0 radical (unpaired) electrons. The average Bonchev–Trinajstić information content (AvgIpc) is 3.11. The SMILES string of the molecule is CC1Cc2cc(Cl)cc(O)c2C1.CCCCCC.Cc1ccc(F)c2cccnc12. The van der Waals surface area contributed by atoms with Gasteiger partial charge in [0, 0.05) is 16.6 Å². The molecule has 0 saturated carbocycles. The molecule has 1 heterocycles. The third-order valence-corrected chi connectivity index (χ3v) is 5.50. The fraction of sp³-hybridized carbons (Fsp3) is 0.423. The first-order valence-corrected chi connectivity index (χ1v) is 11.2. The summed E-state index contributed by atoms with van der Waals surface area (Å²) in [4.78, 5) is 4.10. The first-order valence-electron chi connectivity index (χ1n) is 10.9. The van der Waals surface area contributed by atoms with E-state index in [1.807, 2.05) is 13.0 Å². The normalized spacial score (nSPS) is 14.4. The van der Waals surface area contributed by atoms with Crippen molar-refractivity contribution in [2.75, 3.05) is 0 Å². The molecule has 1 atom stereocenters. The summed E-state index contributed by atoms with van der Waals surface area (Å²) in [6.07, 6.45) is 9.24. The van der Waals surface area contributed by atoms with Gasteiger partial charge in [0.25, 0.3) is 0 Å². The Bertz CT molecular complexity index is 913. The summed E-state index contributed by atoms with van der Waals surface area (Å²) in [6.45, 7) is 8.58. The number of halogens is 2. The molecule has 4 heteroatoms. The lowest BCUT2D eigenvalue weighted by Gasteiger charge is -2.01. The van der Waals surface area contributed by atoms with Crippen molar-refractivity contribution in [2.45, 2.75) is 66.2 Å². The maximum absolute atomic E-state index is 13.1. The van der Waals surface area contributed by atoms with Gasteiger partial charge in [-0.05, 0) is 72.7 Å². The summed E-state index contributed by atoms with van der Waals surface area (Å²) in [6, 6.07) is 10.3. The number of aryl methyl sites for hydroxylation is 1. The molecule has 3 aromatic rings. The van der Waals surface area contributed by atoms with E-state index in [4.69, 9.17) is 11.6 Å². The van der Waals surface area contributed by atoms with E-state index in [2.05, 4.69) is 25.8 Å². The average molecular weight is 430 g/mol. The molecule has 2 nitrogen and oxygen atoms in total. The number of rotatable bonds is 3. The van der Waals surface area contributed by atoms with E-state index in [0.717, 1.165) is 29.5 Å². The van der Waals surface area contributed by atoms with Gasteiger partial charge < -0.3 is 5.11 Å². The minimum atomic E-state index is -0.205. The molecule has 0 amide bonds. The van der Waals surface area contributed by atoms with Crippen molar-refractivity contribution in [1.29, 1.82) is 0 Å². The fourth-order valence-corrected chi connectivity index (χ4v) is 3.91. The van der Waals surface area contributed by atoms with Crippen LogP contribution in [0.25, 0.3) is 10.9 Å². The zero-order valence-corrected chi connectivity index (χ0v) is 19.3. The van der Waals surface area contributed by atoms with Gasteiger partial charge in [0.1, 0.15) is 11.6 Å². The van der Waals surface area contributed by atoms with Crippen LogP contribution in [0.2, 0.25) is 5.02 Å². The van der Waals surface area contributed by atoms with Crippen molar-refractivity contribution in [2.24, 2.45) is 5.92 Å². The molecule has 2 aromatic carbocycles. The van der Waals surface area contributed by atoms with Crippen LogP contribution in [0.3, 0.4) is 0 Å². The van der Waals surface area contributed by atoms with Crippen LogP contribution in [-0.2, 0) is 12.8 Å². The molecule has 0 saturated heterocycles. The number of hydrogen-bond donors (Lipinski definition) is 1. The van der Waals surface area contributed by atoms with Crippen LogP contribution in [-0.4, -0.2) is 10.1 Å². The third-order valence-electron chi connectivity index (χ3n) is 5.28. The van der Waals surface area contributed by atoms with E-state index in [1.165, 1.54) is 37.3 Å².